The molecule has 0 aliphatic heterocycles. The summed E-state index contributed by atoms with van der Waals surface area (Å²) >= 11 is 0. The quantitative estimate of drug-likeness (QED) is 0.666. The van der Waals surface area contributed by atoms with Crippen molar-refractivity contribution in [3.05, 3.63) is 42.3 Å². The Morgan fingerprint density at radius 1 is 1.28 bits per heavy atom. The first-order chi connectivity index (χ1) is 8.66. The second kappa shape index (κ2) is 3.80. The van der Waals surface area contributed by atoms with Crippen LogP contribution in [0.5, 0.6) is 0 Å². The van der Waals surface area contributed by atoms with E-state index in [2.05, 4.69) is 9.97 Å². The molecule has 0 unspecified atom stereocenters. The van der Waals surface area contributed by atoms with Gasteiger partial charge in [0.25, 0.3) is 0 Å². The molecule has 0 aliphatic rings. The lowest BCUT2D eigenvalue weighted by atomic mass is 10.1. The number of anilines is 1. The molecule has 3 rings (SSSR count). The number of pyridine rings is 1. The zero-order valence-corrected chi connectivity index (χ0v) is 9.76. The van der Waals surface area contributed by atoms with Crippen molar-refractivity contribution in [1.29, 1.82) is 0 Å². The molecule has 90 valence electrons. The van der Waals surface area contributed by atoms with Crippen LogP contribution < -0.4 is 5.73 Å². The van der Waals surface area contributed by atoms with E-state index in [1.54, 1.807) is 12.3 Å². The number of rotatable bonds is 1. The molecule has 0 radical (unpaired) electrons. The maximum absolute atomic E-state index is 13.0. The number of nitrogens with zero attached hydrogens (tertiary/aromatic N) is 3. The smallest absolute Gasteiger partial charge is 0.159 e. The summed E-state index contributed by atoms with van der Waals surface area (Å²) in [5.74, 6) is 0.328. The highest BCUT2D eigenvalue weighted by molar-refractivity contribution is 5.80. The van der Waals surface area contributed by atoms with Gasteiger partial charge < -0.3 is 10.3 Å². The van der Waals surface area contributed by atoms with Crippen LogP contribution >= 0.6 is 0 Å². The molecule has 0 fully saturated rings. The molecule has 0 atom stereocenters. The molecular weight excluding hydrogens is 231 g/mol. The highest BCUT2D eigenvalue weighted by atomic mass is 19.1. The number of hydrogen-bond acceptors (Lipinski definition) is 3. The Hall–Kier alpha value is -2.43. The van der Waals surface area contributed by atoms with E-state index in [1.807, 2.05) is 23.7 Å². The van der Waals surface area contributed by atoms with Crippen molar-refractivity contribution in [3.8, 4) is 11.4 Å². The summed E-state index contributed by atoms with van der Waals surface area (Å²) in [5.41, 5.74) is 8.47. The fraction of sp³-hybridized carbons (Fsp3) is 0.0769. The summed E-state index contributed by atoms with van der Waals surface area (Å²) in [7, 11) is 1.86. The average molecular weight is 242 g/mol. The summed E-state index contributed by atoms with van der Waals surface area (Å²) in [5, 5.41) is 0. The molecule has 5 heteroatoms. The van der Waals surface area contributed by atoms with Crippen LogP contribution in [-0.2, 0) is 7.05 Å². The lowest BCUT2D eigenvalue weighted by molar-refractivity contribution is 0.628. The van der Waals surface area contributed by atoms with Gasteiger partial charge in [-0.3, -0.25) is 0 Å². The van der Waals surface area contributed by atoms with E-state index in [1.165, 1.54) is 12.1 Å². The van der Waals surface area contributed by atoms with Gasteiger partial charge in [0.1, 0.15) is 17.2 Å². The van der Waals surface area contributed by atoms with Crippen molar-refractivity contribution < 1.29 is 4.39 Å². The van der Waals surface area contributed by atoms with Gasteiger partial charge in [0.15, 0.2) is 5.65 Å². The summed E-state index contributed by atoms with van der Waals surface area (Å²) in [6.45, 7) is 0. The van der Waals surface area contributed by atoms with Gasteiger partial charge >= 0.3 is 0 Å². The molecular formula is C13H11FN4. The first-order valence-electron chi connectivity index (χ1n) is 5.49. The molecule has 0 saturated heterocycles. The van der Waals surface area contributed by atoms with E-state index >= 15 is 0 Å². The molecule has 0 bridgehead atoms. The molecule has 0 aliphatic carbocycles. The van der Waals surface area contributed by atoms with Gasteiger partial charge in [0, 0.05) is 24.5 Å². The van der Waals surface area contributed by atoms with Crippen LogP contribution in [0, 0.1) is 5.82 Å². The number of imidazole rings is 1. The largest absolute Gasteiger partial charge is 0.398 e. The Bertz CT molecular complexity index is 733. The molecule has 3 aromatic rings. The summed E-state index contributed by atoms with van der Waals surface area (Å²) in [6, 6.07) is 8.01. The summed E-state index contributed by atoms with van der Waals surface area (Å²) in [6.07, 6.45) is 1.71. The molecule has 0 saturated carbocycles. The maximum Gasteiger partial charge on any atom is 0.159 e. The lowest BCUT2D eigenvalue weighted by Gasteiger charge is -2.05. The zero-order valence-electron chi connectivity index (χ0n) is 9.76. The number of aromatic nitrogens is 3. The molecule has 2 aromatic heterocycles. The molecule has 2 N–H and O–H groups in total. The maximum atomic E-state index is 13.0. The van der Waals surface area contributed by atoms with E-state index in [-0.39, 0.29) is 5.82 Å². The standard InChI is InChI=1S/C13H11FN4/c1-18-12(9-5-4-8(14)7-10(9)15)17-11-3-2-6-16-13(11)18/h2-7H,15H2,1H3. The van der Waals surface area contributed by atoms with Crippen molar-refractivity contribution in [3.63, 3.8) is 0 Å². The van der Waals surface area contributed by atoms with Crippen molar-refractivity contribution in [1.82, 2.24) is 14.5 Å². The number of aryl methyl sites for hydroxylation is 1. The number of benzene rings is 1. The number of nitrogen functional groups attached to an aromatic ring is 1. The van der Waals surface area contributed by atoms with Gasteiger partial charge in [-0.15, -0.1) is 0 Å². The minimum atomic E-state index is -0.354. The average Bonchev–Trinajstić information content (AvgIpc) is 2.68. The third-order valence-electron chi connectivity index (χ3n) is 2.88. The number of fused-ring (bicyclic) bond motifs is 1. The van der Waals surface area contributed by atoms with Gasteiger partial charge in [0.05, 0.1) is 0 Å². The van der Waals surface area contributed by atoms with Crippen molar-refractivity contribution >= 4 is 16.9 Å². The van der Waals surface area contributed by atoms with Crippen molar-refractivity contribution in [2.75, 3.05) is 5.73 Å². The molecule has 18 heavy (non-hydrogen) atoms. The van der Waals surface area contributed by atoms with Gasteiger partial charge in [0.2, 0.25) is 0 Å². The predicted octanol–water partition coefficient (Wildman–Crippen LogP) is 2.36. The van der Waals surface area contributed by atoms with E-state index in [9.17, 15) is 4.39 Å². The van der Waals surface area contributed by atoms with Crippen LogP contribution in [0.25, 0.3) is 22.6 Å². The van der Waals surface area contributed by atoms with Crippen LogP contribution in [0.15, 0.2) is 36.5 Å². The first-order valence-corrected chi connectivity index (χ1v) is 5.49. The molecule has 0 spiro atoms. The van der Waals surface area contributed by atoms with Gasteiger partial charge in [-0.2, -0.15) is 0 Å². The minimum absolute atomic E-state index is 0.354. The topological polar surface area (TPSA) is 56.7 Å². The fourth-order valence-electron chi connectivity index (χ4n) is 2.00. The van der Waals surface area contributed by atoms with Gasteiger partial charge in [-0.1, -0.05) is 0 Å². The minimum Gasteiger partial charge on any atom is -0.398 e. The normalized spacial score (nSPS) is 11.0. The van der Waals surface area contributed by atoms with E-state index in [0.29, 0.717) is 17.1 Å². The van der Waals surface area contributed by atoms with Crippen LogP contribution in [0.4, 0.5) is 10.1 Å². The Morgan fingerprint density at radius 2 is 2.11 bits per heavy atom. The Kier molecular flexibility index (Phi) is 2.26. The monoisotopic (exact) mass is 242 g/mol. The summed E-state index contributed by atoms with van der Waals surface area (Å²) in [4.78, 5) is 8.73. The lowest BCUT2D eigenvalue weighted by Crippen LogP contribution is -1.98. The third kappa shape index (κ3) is 1.52. The first kappa shape index (κ1) is 10.7. The highest BCUT2D eigenvalue weighted by Crippen LogP contribution is 2.27. The van der Waals surface area contributed by atoms with Crippen LogP contribution in [0.3, 0.4) is 0 Å². The SMILES string of the molecule is Cn1c(-c2ccc(F)cc2N)nc2cccnc21. The summed E-state index contributed by atoms with van der Waals surface area (Å²) < 4.78 is 14.9. The van der Waals surface area contributed by atoms with Gasteiger partial charge in [-0.05, 0) is 30.3 Å². The van der Waals surface area contributed by atoms with Gasteiger partial charge in [-0.25, -0.2) is 14.4 Å². The van der Waals surface area contributed by atoms with Crippen LogP contribution in [0.2, 0.25) is 0 Å². The third-order valence-corrected chi connectivity index (χ3v) is 2.88. The second-order valence-electron chi connectivity index (χ2n) is 4.07. The Balaban J connectivity index is 2.28. The number of hydrogen-bond donors (Lipinski definition) is 1. The molecule has 0 amide bonds. The van der Waals surface area contributed by atoms with E-state index < -0.39 is 0 Å². The van der Waals surface area contributed by atoms with Crippen molar-refractivity contribution in [2.24, 2.45) is 7.05 Å². The predicted molar refractivity (Wildman–Crippen MR) is 68.3 cm³/mol. The Morgan fingerprint density at radius 3 is 2.83 bits per heavy atom. The van der Waals surface area contributed by atoms with Crippen LogP contribution in [-0.4, -0.2) is 14.5 Å². The van der Waals surface area contributed by atoms with Crippen molar-refractivity contribution in [2.45, 2.75) is 0 Å². The number of halogens is 1. The molecule has 4 nitrogen and oxygen atoms in total. The second-order valence-corrected chi connectivity index (χ2v) is 4.07. The molecule has 2 heterocycles. The van der Waals surface area contributed by atoms with Crippen LogP contribution in [0.1, 0.15) is 0 Å². The number of nitrogens with two attached hydrogens (primary N) is 1. The van der Waals surface area contributed by atoms with E-state index in [0.717, 1.165) is 11.2 Å². The molecule has 1 aromatic carbocycles. The highest BCUT2D eigenvalue weighted by Gasteiger charge is 2.12. The zero-order chi connectivity index (χ0) is 12.7. The van der Waals surface area contributed by atoms with E-state index in [4.69, 9.17) is 5.73 Å². The fourth-order valence-corrected chi connectivity index (χ4v) is 2.00. The Labute approximate surface area is 103 Å².